The lowest BCUT2D eigenvalue weighted by Gasteiger charge is -2.24. The Kier molecular flexibility index (Phi) is 4.53. The second-order valence-electron chi connectivity index (χ2n) is 7.10. The molecule has 132 valence electrons. The molecule has 0 saturated heterocycles. The predicted molar refractivity (Wildman–Crippen MR) is 94.9 cm³/mol. The normalized spacial score (nSPS) is 19.1. The molecule has 2 heterocycles. The average molecular weight is 339 g/mol. The highest BCUT2D eigenvalue weighted by Gasteiger charge is 2.30. The molecule has 6 heteroatoms. The van der Waals surface area contributed by atoms with E-state index < -0.39 is 0 Å². The van der Waals surface area contributed by atoms with Crippen LogP contribution in [-0.4, -0.2) is 26.7 Å². The van der Waals surface area contributed by atoms with E-state index in [1.54, 1.807) is 0 Å². The number of carbonyl (C=O) groups is 1. The minimum atomic E-state index is -0.381. The summed E-state index contributed by atoms with van der Waals surface area (Å²) in [5.41, 5.74) is 0.978. The number of hydrogen-bond donors (Lipinski definition) is 2. The Morgan fingerprint density at radius 1 is 1.20 bits per heavy atom. The van der Waals surface area contributed by atoms with Crippen LogP contribution in [0, 0.1) is 0 Å². The van der Waals surface area contributed by atoms with Crippen LogP contribution in [0.3, 0.4) is 0 Å². The highest BCUT2D eigenvalue weighted by Crippen LogP contribution is 2.24. The first-order valence-electron chi connectivity index (χ1n) is 9.25. The molecule has 2 aromatic rings. The number of benzene rings is 1. The smallest absolute Gasteiger partial charge is 0.241 e. The fraction of sp³-hybridized carbons (Fsp3) is 0.526. The first-order valence-corrected chi connectivity index (χ1v) is 9.25. The van der Waals surface area contributed by atoms with E-state index in [2.05, 4.69) is 32.3 Å². The Morgan fingerprint density at radius 2 is 2.00 bits per heavy atom. The third kappa shape index (κ3) is 3.58. The van der Waals surface area contributed by atoms with Crippen molar-refractivity contribution in [2.24, 2.45) is 0 Å². The largest absolute Gasteiger partial charge is 0.352 e. The molecule has 1 aromatic heterocycles. The molecule has 2 atom stereocenters. The number of hydrogen-bond acceptors (Lipinski definition) is 4. The van der Waals surface area contributed by atoms with Crippen molar-refractivity contribution in [1.29, 1.82) is 0 Å². The van der Waals surface area contributed by atoms with Gasteiger partial charge in [-0.15, -0.1) is 10.2 Å². The number of amides is 1. The maximum Gasteiger partial charge on any atom is 0.241 e. The van der Waals surface area contributed by atoms with Gasteiger partial charge in [-0.05, 0) is 38.2 Å². The number of aryl methyl sites for hydroxylation is 1. The summed E-state index contributed by atoms with van der Waals surface area (Å²) >= 11 is 0. The molecule has 2 aliphatic rings. The summed E-state index contributed by atoms with van der Waals surface area (Å²) < 4.78 is 2.21. The van der Waals surface area contributed by atoms with E-state index in [0.717, 1.165) is 49.4 Å². The number of nitrogens with one attached hydrogen (secondary N) is 2. The molecule has 0 bridgehead atoms. The second kappa shape index (κ2) is 6.96. The van der Waals surface area contributed by atoms with Gasteiger partial charge in [-0.25, -0.2) is 0 Å². The van der Waals surface area contributed by atoms with Gasteiger partial charge in [0.1, 0.15) is 17.7 Å². The standard InChI is InChI=1S/C19H25N5O/c1-13(18-23-22-16-9-5-6-12-24(16)18)20-17(14-7-3-2-4-8-14)19(25)21-15-10-11-15/h2-4,7-8,13,15,17,20H,5-6,9-12H2,1H3,(H,21,25)/t13-,17+/m1/s1. The van der Waals surface area contributed by atoms with Crippen molar-refractivity contribution in [3.8, 4) is 0 Å². The molecule has 1 aromatic carbocycles. The Labute approximate surface area is 148 Å². The molecule has 1 aliphatic carbocycles. The highest BCUT2D eigenvalue weighted by atomic mass is 16.2. The van der Waals surface area contributed by atoms with Crippen LogP contribution in [0.1, 0.15) is 61.9 Å². The molecular formula is C19H25N5O. The van der Waals surface area contributed by atoms with Crippen LogP contribution in [0.4, 0.5) is 0 Å². The molecule has 4 rings (SSSR count). The highest BCUT2D eigenvalue weighted by molar-refractivity contribution is 5.83. The van der Waals surface area contributed by atoms with Crippen molar-refractivity contribution in [2.75, 3.05) is 0 Å². The van der Waals surface area contributed by atoms with Gasteiger partial charge in [0.15, 0.2) is 0 Å². The van der Waals surface area contributed by atoms with Gasteiger partial charge >= 0.3 is 0 Å². The van der Waals surface area contributed by atoms with E-state index >= 15 is 0 Å². The molecular weight excluding hydrogens is 314 g/mol. The quantitative estimate of drug-likeness (QED) is 0.847. The fourth-order valence-electron chi connectivity index (χ4n) is 3.46. The van der Waals surface area contributed by atoms with Crippen LogP contribution >= 0.6 is 0 Å². The summed E-state index contributed by atoms with van der Waals surface area (Å²) in [4.78, 5) is 12.8. The molecule has 25 heavy (non-hydrogen) atoms. The van der Waals surface area contributed by atoms with Crippen molar-refractivity contribution >= 4 is 5.91 Å². The van der Waals surface area contributed by atoms with E-state index in [0.29, 0.717) is 6.04 Å². The average Bonchev–Trinajstić information content (AvgIpc) is 3.35. The zero-order valence-corrected chi connectivity index (χ0v) is 14.6. The van der Waals surface area contributed by atoms with E-state index in [1.807, 2.05) is 30.3 Å². The summed E-state index contributed by atoms with van der Waals surface area (Å²) in [7, 11) is 0. The van der Waals surface area contributed by atoms with Crippen molar-refractivity contribution < 1.29 is 4.79 Å². The van der Waals surface area contributed by atoms with Crippen LogP contribution in [-0.2, 0) is 17.8 Å². The summed E-state index contributed by atoms with van der Waals surface area (Å²) in [6.07, 6.45) is 5.50. The Balaban J connectivity index is 1.55. The van der Waals surface area contributed by atoms with Gasteiger partial charge in [-0.3, -0.25) is 10.1 Å². The number of aromatic nitrogens is 3. The van der Waals surface area contributed by atoms with E-state index in [-0.39, 0.29) is 18.0 Å². The lowest BCUT2D eigenvalue weighted by atomic mass is 10.0. The molecule has 2 N–H and O–H groups in total. The van der Waals surface area contributed by atoms with Crippen molar-refractivity contribution in [3.63, 3.8) is 0 Å². The van der Waals surface area contributed by atoms with E-state index in [9.17, 15) is 4.79 Å². The molecule has 0 spiro atoms. The summed E-state index contributed by atoms with van der Waals surface area (Å²) in [6, 6.07) is 9.82. The van der Waals surface area contributed by atoms with Crippen LogP contribution < -0.4 is 10.6 Å². The molecule has 1 saturated carbocycles. The van der Waals surface area contributed by atoms with Gasteiger partial charge in [0.2, 0.25) is 5.91 Å². The molecule has 1 fully saturated rings. The van der Waals surface area contributed by atoms with Gasteiger partial charge in [0.05, 0.1) is 6.04 Å². The zero-order chi connectivity index (χ0) is 17.2. The topological polar surface area (TPSA) is 71.8 Å². The van der Waals surface area contributed by atoms with E-state index in [4.69, 9.17) is 0 Å². The van der Waals surface area contributed by atoms with Gasteiger partial charge in [-0.2, -0.15) is 0 Å². The van der Waals surface area contributed by atoms with Crippen molar-refractivity contribution in [1.82, 2.24) is 25.4 Å². The minimum absolute atomic E-state index is 0.0407. The van der Waals surface area contributed by atoms with Crippen LogP contribution in [0.15, 0.2) is 30.3 Å². The first kappa shape index (κ1) is 16.3. The summed E-state index contributed by atoms with van der Waals surface area (Å²) in [6.45, 7) is 3.03. The molecule has 1 aliphatic heterocycles. The fourth-order valence-corrected chi connectivity index (χ4v) is 3.46. The summed E-state index contributed by atoms with van der Waals surface area (Å²) in [5, 5.41) is 15.3. The number of nitrogens with zero attached hydrogens (tertiary/aromatic N) is 3. The maximum absolute atomic E-state index is 12.8. The van der Waals surface area contributed by atoms with Crippen molar-refractivity contribution in [2.45, 2.75) is 63.7 Å². The predicted octanol–water partition coefficient (Wildman–Crippen LogP) is 2.28. The first-order chi connectivity index (χ1) is 12.2. The Bertz CT molecular complexity index is 738. The summed E-state index contributed by atoms with van der Waals surface area (Å²) in [5.74, 6) is 2.03. The monoisotopic (exact) mass is 339 g/mol. The van der Waals surface area contributed by atoms with Crippen LogP contribution in [0.25, 0.3) is 0 Å². The third-order valence-electron chi connectivity index (χ3n) is 5.01. The van der Waals surface area contributed by atoms with Gasteiger partial charge in [-0.1, -0.05) is 30.3 Å². The van der Waals surface area contributed by atoms with Gasteiger partial charge in [0, 0.05) is 19.0 Å². The zero-order valence-electron chi connectivity index (χ0n) is 14.6. The van der Waals surface area contributed by atoms with Crippen LogP contribution in [0.2, 0.25) is 0 Å². The Hall–Kier alpha value is -2.21. The molecule has 0 radical (unpaired) electrons. The van der Waals surface area contributed by atoms with Crippen molar-refractivity contribution in [3.05, 3.63) is 47.5 Å². The lowest BCUT2D eigenvalue weighted by Crippen LogP contribution is -2.40. The Morgan fingerprint density at radius 3 is 2.76 bits per heavy atom. The minimum Gasteiger partial charge on any atom is -0.352 e. The number of rotatable bonds is 6. The van der Waals surface area contributed by atoms with E-state index in [1.165, 1.54) is 6.42 Å². The van der Waals surface area contributed by atoms with Crippen LogP contribution in [0.5, 0.6) is 0 Å². The number of carbonyl (C=O) groups excluding carboxylic acids is 1. The lowest BCUT2D eigenvalue weighted by molar-refractivity contribution is -0.123. The SMILES string of the molecule is C[C@@H](N[C@H](C(=O)NC1CC1)c1ccccc1)c1nnc2n1CCCC2. The van der Waals surface area contributed by atoms with Gasteiger partial charge in [0.25, 0.3) is 0 Å². The molecule has 0 unspecified atom stereocenters. The second-order valence-corrected chi connectivity index (χ2v) is 7.10. The van der Waals surface area contributed by atoms with Gasteiger partial charge < -0.3 is 9.88 Å². The molecule has 6 nitrogen and oxygen atoms in total. The third-order valence-corrected chi connectivity index (χ3v) is 5.01. The number of fused-ring (bicyclic) bond motifs is 1. The molecule has 1 amide bonds. The maximum atomic E-state index is 12.8.